The molecule has 0 saturated heterocycles. The first-order chi connectivity index (χ1) is 7.65. The van der Waals surface area contributed by atoms with E-state index < -0.39 is 11.9 Å². The summed E-state index contributed by atoms with van der Waals surface area (Å²) in [5, 5.41) is 8.65. The summed E-state index contributed by atoms with van der Waals surface area (Å²) in [4.78, 5) is 26.7. The third kappa shape index (κ3) is 3.21. The number of rotatable bonds is 5. The SMILES string of the molecule is C=CCONC(=O)c1ccc(C(=O)O)cc1. The second-order valence-electron chi connectivity index (χ2n) is 2.91. The van der Waals surface area contributed by atoms with Crippen LogP contribution in [0.15, 0.2) is 36.9 Å². The molecule has 5 nitrogen and oxygen atoms in total. The third-order valence-corrected chi connectivity index (χ3v) is 1.76. The van der Waals surface area contributed by atoms with Crippen molar-refractivity contribution in [1.29, 1.82) is 0 Å². The fraction of sp³-hybridized carbons (Fsp3) is 0.0909. The molecule has 0 saturated carbocycles. The number of amides is 1. The van der Waals surface area contributed by atoms with Gasteiger partial charge in [-0.05, 0) is 24.3 Å². The molecular weight excluding hydrogens is 210 g/mol. The van der Waals surface area contributed by atoms with Gasteiger partial charge in [0, 0.05) is 5.56 Å². The lowest BCUT2D eigenvalue weighted by Crippen LogP contribution is -2.23. The van der Waals surface area contributed by atoms with Crippen molar-refractivity contribution in [2.75, 3.05) is 6.61 Å². The number of carbonyl (C=O) groups excluding carboxylic acids is 1. The van der Waals surface area contributed by atoms with Crippen LogP contribution in [-0.2, 0) is 4.84 Å². The van der Waals surface area contributed by atoms with Gasteiger partial charge in [-0.1, -0.05) is 6.08 Å². The highest BCUT2D eigenvalue weighted by Crippen LogP contribution is 2.04. The zero-order valence-corrected chi connectivity index (χ0v) is 8.47. The smallest absolute Gasteiger partial charge is 0.335 e. The molecule has 0 heterocycles. The summed E-state index contributed by atoms with van der Waals surface area (Å²) in [5.74, 6) is -1.46. The zero-order valence-electron chi connectivity index (χ0n) is 8.47. The van der Waals surface area contributed by atoms with Gasteiger partial charge in [-0.3, -0.25) is 9.63 Å². The molecule has 0 fully saturated rings. The van der Waals surface area contributed by atoms with E-state index >= 15 is 0 Å². The largest absolute Gasteiger partial charge is 0.478 e. The van der Waals surface area contributed by atoms with E-state index in [4.69, 9.17) is 9.94 Å². The maximum atomic E-state index is 11.4. The van der Waals surface area contributed by atoms with Crippen LogP contribution in [-0.4, -0.2) is 23.6 Å². The molecule has 1 aromatic carbocycles. The van der Waals surface area contributed by atoms with E-state index in [0.717, 1.165) is 0 Å². The van der Waals surface area contributed by atoms with Crippen molar-refractivity contribution in [2.45, 2.75) is 0 Å². The third-order valence-electron chi connectivity index (χ3n) is 1.76. The molecule has 16 heavy (non-hydrogen) atoms. The van der Waals surface area contributed by atoms with E-state index in [1.165, 1.54) is 30.3 Å². The molecule has 0 atom stereocenters. The Morgan fingerprint density at radius 3 is 2.38 bits per heavy atom. The van der Waals surface area contributed by atoms with Crippen molar-refractivity contribution in [2.24, 2.45) is 0 Å². The summed E-state index contributed by atoms with van der Waals surface area (Å²) in [6.45, 7) is 3.63. The Morgan fingerprint density at radius 2 is 1.88 bits per heavy atom. The van der Waals surface area contributed by atoms with E-state index in [0.29, 0.717) is 5.56 Å². The lowest BCUT2D eigenvalue weighted by atomic mass is 10.1. The van der Waals surface area contributed by atoms with Gasteiger partial charge in [0.1, 0.15) is 0 Å². The van der Waals surface area contributed by atoms with Crippen LogP contribution in [0.5, 0.6) is 0 Å². The van der Waals surface area contributed by atoms with E-state index in [1.54, 1.807) is 0 Å². The standard InChI is InChI=1S/C11H11NO4/c1-2-7-16-12-10(13)8-3-5-9(6-4-8)11(14)15/h2-6H,1,7H2,(H,12,13)(H,14,15). The van der Waals surface area contributed by atoms with E-state index in [1.807, 2.05) is 0 Å². The minimum atomic E-state index is -1.03. The van der Waals surface area contributed by atoms with Crippen LogP contribution < -0.4 is 5.48 Å². The topological polar surface area (TPSA) is 75.6 Å². The van der Waals surface area contributed by atoms with Crippen molar-refractivity contribution < 1.29 is 19.5 Å². The zero-order chi connectivity index (χ0) is 12.0. The van der Waals surface area contributed by atoms with Gasteiger partial charge >= 0.3 is 5.97 Å². The van der Waals surface area contributed by atoms with Gasteiger partial charge in [-0.2, -0.15) is 0 Å². The Balaban J connectivity index is 2.63. The molecule has 0 aliphatic rings. The summed E-state index contributed by atoms with van der Waals surface area (Å²) in [6, 6.07) is 5.53. The van der Waals surface area contributed by atoms with Crippen LogP contribution in [0, 0.1) is 0 Å². The van der Waals surface area contributed by atoms with Crippen LogP contribution in [0.3, 0.4) is 0 Å². The molecule has 0 aliphatic carbocycles. The lowest BCUT2D eigenvalue weighted by Gasteiger charge is -2.03. The number of carbonyl (C=O) groups is 2. The average Bonchev–Trinajstić information content (AvgIpc) is 2.29. The number of nitrogens with one attached hydrogen (secondary N) is 1. The summed E-state index contributed by atoms with van der Waals surface area (Å²) in [6.07, 6.45) is 1.49. The predicted octanol–water partition coefficient (Wildman–Crippen LogP) is 1.23. The van der Waals surface area contributed by atoms with E-state index in [9.17, 15) is 9.59 Å². The first-order valence-electron chi connectivity index (χ1n) is 4.51. The number of carboxylic acid groups (broad SMARTS) is 1. The van der Waals surface area contributed by atoms with Crippen molar-refractivity contribution in [1.82, 2.24) is 5.48 Å². The minimum Gasteiger partial charge on any atom is -0.478 e. The number of aromatic carboxylic acids is 1. The summed E-state index contributed by atoms with van der Waals surface area (Å²) in [7, 11) is 0. The molecule has 84 valence electrons. The van der Waals surface area contributed by atoms with Crippen molar-refractivity contribution >= 4 is 11.9 Å². The molecule has 0 aliphatic heterocycles. The molecule has 0 bridgehead atoms. The van der Waals surface area contributed by atoms with Crippen LogP contribution in [0.4, 0.5) is 0 Å². The van der Waals surface area contributed by atoms with E-state index in [2.05, 4.69) is 12.1 Å². The Kier molecular flexibility index (Phi) is 4.23. The molecule has 5 heteroatoms. The average molecular weight is 221 g/mol. The van der Waals surface area contributed by atoms with Crippen LogP contribution in [0.1, 0.15) is 20.7 Å². The normalized spacial score (nSPS) is 9.50. The molecule has 1 amide bonds. The molecule has 0 aromatic heterocycles. The Bertz CT molecular complexity index is 397. The van der Waals surface area contributed by atoms with E-state index in [-0.39, 0.29) is 12.2 Å². The van der Waals surface area contributed by atoms with Gasteiger partial charge in [0.15, 0.2) is 0 Å². The van der Waals surface area contributed by atoms with Gasteiger partial charge in [0.25, 0.3) is 5.91 Å². The first-order valence-corrected chi connectivity index (χ1v) is 4.51. The van der Waals surface area contributed by atoms with Gasteiger partial charge in [0.05, 0.1) is 12.2 Å². The van der Waals surface area contributed by atoms with Crippen LogP contribution in [0.25, 0.3) is 0 Å². The Labute approximate surface area is 92.3 Å². The minimum absolute atomic E-state index is 0.128. The molecule has 1 aromatic rings. The lowest BCUT2D eigenvalue weighted by molar-refractivity contribution is 0.0421. The fourth-order valence-electron chi connectivity index (χ4n) is 0.989. The maximum Gasteiger partial charge on any atom is 0.335 e. The van der Waals surface area contributed by atoms with Crippen molar-refractivity contribution in [3.05, 3.63) is 48.0 Å². The predicted molar refractivity (Wildman–Crippen MR) is 57.0 cm³/mol. The summed E-state index contributed by atoms with van der Waals surface area (Å²) < 4.78 is 0. The number of hydrogen-bond acceptors (Lipinski definition) is 3. The summed E-state index contributed by atoms with van der Waals surface area (Å²) in [5.41, 5.74) is 2.65. The monoisotopic (exact) mass is 221 g/mol. The molecule has 1 rings (SSSR count). The summed E-state index contributed by atoms with van der Waals surface area (Å²) >= 11 is 0. The van der Waals surface area contributed by atoms with Gasteiger partial charge < -0.3 is 5.11 Å². The maximum absolute atomic E-state index is 11.4. The quantitative estimate of drug-likeness (QED) is 0.445. The van der Waals surface area contributed by atoms with Gasteiger partial charge in [0.2, 0.25) is 0 Å². The number of carboxylic acids is 1. The van der Waals surface area contributed by atoms with Crippen LogP contribution >= 0.6 is 0 Å². The highest BCUT2D eigenvalue weighted by atomic mass is 16.6. The second kappa shape index (κ2) is 5.67. The first kappa shape index (κ1) is 11.9. The van der Waals surface area contributed by atoms with Gasteiger partial charge in [-0.25, -0.2) is 10.3 Å². The highest BCUT2D eigenvalue weighted by Gasteiger charge is 2.07. The molecule has 0 radical (unpaired) electrons. The fourth-order valence-corrected chi connectivity index (χ4v) is 0.989. The molecule has 0 unspecified atom stereocenters. The second-order valence-corrected chi connectivity index (χ2v) is 2.91. The molecular formula is C11H11NO4. The molecule has 0 spiro atoms. The van der Waals surface area contributed by atoms with Crippen molar-refractivity contribution in [3.63, 3.8) is 0 Å². The number of hydrogen-bond donors (Lipinski definition) is 2. The van der Waals surface area contributed by atoms with Crippen LogP contribution in [0.2, 0.25) is 0 Å². The van der Waals surface area contributed by atoms with Crippen molar-refractivity contribution in [3.8, 4) is 0 Å². The Hall–Kier alpha value is -2.14. The van der Waals surface area contributed by atoms with Gasteiger partial charge in [-0.15, -0.1) is 6.58 Å². The Morgan fingerprint density at radius 1 is 1.31 bits per heavy atom. The number of hydroxylamine groups is 1. The highest BCUT2D eigenvalue weighted by molar-refractivity contribution is 5.95. The number of benzene rings is 1. The molecule has 2 N–H and O–H groups in total.